The smallest absolute Gasteiger partial charge is 0.120 e. The molecule has 1 aromatic rings. The third-order valence-electron chi connectivity index (χ3n) is 2.14. The Morgan fingerprint density at radius 1 is 1.60 bits per heavy atom. The van der Waals surface area contributed by atoms with E-state index in [2.05, 4.69) is 12.6 Å². The Morgan fingerprint density at radius 3 is 2.67 bits per heavy atom. The molecule has 0 amide bonds. The highest BCUT2D eigenvalue weighted by molar-refractivity contribution is 6.31. The predicted octanol–water partition coefficient (Wildman–Crippen LogP) is 3.53. The molecule has 2 nitrogen and oxygen atoms in total. The second-order valence-electron chi connectivity index (χ2n) is 3.30. The summed E-state index contributed by atoms with van der Waals surface area (Å²) >= 11 is 6.05. The molecule has 78 valence electrons. The standard InChI is InChI=1S/C12H12ClNO/c1-8(2)11(7-14)10-5-4-9(15-3)6-12(10)13/h4-6,11H,1H2,2-3H3. The van der Waals surface area contributed by atoms with Crippen molar-refractivity contribution in [3.63, 3.8) is 0 Å². The minimum Gasteiger partial charge on any atom is -0.497 e. The zero-order chi connectivity index (χ0) is 11.4. The number of hydrogen-bond donors (Lipinski definition) is 0. The van der Waals surface area contributed by atoms with E-state index in [0.29, 0.717) is 10.8 Å². The Hall–Kier alpha value is -1.46. The predicted molar refractivity (Wildman–Crippen MR) is 61.2 cm³/mol. The van der Waals surface area contributed by atoms with Crippen molar-refractivity contribution in [3.05, 3.63) is 40.9 Å². The van der Waals surface area contributed by atoms with Crippen LogP contribution in [0.1, 0.15) is 18.4 Å². The molecular weight excluding hydrogens is 210 g/mol. The van der Waals surface area contributed by atoms with E-state index < -0.39 is 0 Å². The molecule has 0 spiro atoms. The Labute approximate surface area is 94.7 Å². The van der Waals surface area contributed by atoms with Gasteiger partial charge in [0.15, 0.2) is 0 Å². The van der Waals surface area contributed by atoms with E-state index in [1.807, 2.05) is 6.92 Å². The molecule has 0 bridgehead atoms. The molecule has 0 aromatic heterocycles. The second-order valence-corrected chi connectivity index (χ2v) is 3.70. The number of hydrogen-bond acceptors (Lipinski definition) is 2. The fourth-order valence-corrected chi connectivity index (χ4v) is 1.59. The first-order chi connectivity index (χ1) is 7.10. The van der Waals surface area contributed by atoms with E-state index in [0.717, 1.165) is 11.1 Å². The molecule has 0 heterocycles. The van der Waals surface area contributed by atoms with Crippen molar-refractivity contribution in [1.29, 1.82) is 5.26 Å². The lowest BCUT2D eigenvalue weighted by atomic mass is 9.94. The van der Waals surface area contributed by atoms with Gasteiger partial charge >= 0.3 is 0 Å². The van der Waals surface area contributed by atoms with Crippen molar-refractivity contribution in [1.82, 2.24) is 0 Å². The van der Waals surface area contributed by atoms with Gasteiger partial charge < -0.3 is 4.74 Å². The number of nitrogens with zero attached hydrogens (tertiary/aromatic N) is 1. The van der Waals surface area contributed by atoms with Gasteiger partial charge in [0.05, 0.1) is 19.1 Å². The molecule has 0 aliphatic heterocycles. The van der Waals surface area contributed by atoms with E-state index >= 15 is 0 Å². The highest BCUT2D eigenvalue weighted by Crippen LogP contribution is 2.31. The number of halogens is 1. The van der Waals surface area contributed by atoms with Crippen molar-refractivity contribution in [2.75, 3.05) is 7.11 Å². The first kappa shape index (κ1) is 11.6. The quantitative estimate of drug-likeness (QED) is 0.732. The molecule has 0 aliphatic rings. The van der Waals surface area contributed by atoms with Crippen molar-refractivity contribution in [2.24, 2.45) is 0 Å². The third-order valence-corrected chi connectivity index (χ3v) is 2.47. The van der Waals surface area contributed by atoms with Gasteiger partial charge in [0, 0.05) is 5.02 Å². The van der Waals surface area contributed by atoms with E-state index in [-0.39, 0.29) is 5.92 Å². The summed E-state index contributed by atoms with van der Waals surface area (Å²) in [6, 6.07) is 7.45. The maximum atomic E-state index is 9.00. The molecule has 1 atom stereocenters. The highest BCUT2D eigenvalue weighted by Gasteiger charge is 2.15. The maximum Gasteiger partial charge on any atom is 0.120 e. The lowest BCUT2D eigenvalue weighted by molar-refractivity contribution is 0.414. The van der Waals surface area contributed by atoms with Crippen LogP contribution in [0.2, 0.25) is 5.02 Å². The zero-order valence-electron chi connectivity index (χ0n) is 8.75. The fourth-order valence-electron chi connectivity index (χ4n) is 1.31. The van der Waals surface area contributed by atoms with E-state index in [1.54, 1.807) is 25.3 Å². The Kier molecular flexibility index (Phi) is 3.76. The second kappa shape index (κ2) is 4.86. The molecule has 1 rings (SSSR count). The summed E-state index contributed by atoms with van der Waals surface area (Å²) in [5.74, 6) is 0.325. The van der Waals surface area contributed by atoms with Crippen LogP contribution in [0.5, 0.6) is 5.75 Å². The summed E-state index contributed by atoms with van der Waals surface area (Å²) < 4.78 is 5.03. The van der Waals surface area contributed by atoms with Crippen molar-refractivity contribution >= 4 is 11.6 Å². The molecule has 1 aromatic carbocycles. The normalized spacial score (nSPS) is 11.6. The number of ether oxygens (including phenoxy) is 1. The lowest BCUT2D eigenvalue weighted by Crippen LogP contribution is -1.97. The monoisotopic (exact) mass is 221 g/mol. The number of allylic oxidation sites excluding steroid dienone is 1. The topological polar surface area (TPSA) is 33.0 Å². The van der Waals surface area contributed by atoms with Crippen LogP contribution < -0.4 is 4.74 Å². The van der Waals surface area contributed by atoms with Gasteiger partial charge in [-0.2, -0.15) is 5.26 Å². The Morgan fingerprint density at radius 2 is 2.27 bits per heavy atom. The van der Waals surface area contributed by atoms with Gasteiger partial charge in [0.2, 0.25) is 0 Å². The van der Waals surface area contributed by atoms with E-state index in [4.69, 9.17) is 21.6 Å². The lowest BCUT2D eigenvalue weighted by Gasteiger charge is -2.11. The first-order valence-electron chi connectivity index (χ1n) is 4.48. The molecule has 3 heteroatoms. The summed E-state index contributed by atoms with van der Waals surface area (Å²) in [6.45, 7) is 5.59. The fraction of sp³-hybridized carbons (Fsp3) is 0.250. The minimum atomic E-state index is -0.358. The van der Waals surface area contributed by atoms with Crippen LogP contribution in [-0.2, 0) is 0 Å². The van der Waals surface area contributed by atoms with Gasteiger partial charge in [0.1, 0.15) is 5.75 Å². The highest BCUT2D eigenvalue weighted by atomic mass is 35.5. The summed E-state index contributed by atoms with van der Waals surface area (Å²) in [7, 11) is 1.58. The summed E-state index contributed by atoms with van der Waals surface area (Å²) in [5, 5.41) is 9.53. The van der Waals surface area contributed by atoms with Gasteiger partial charge in [-0.3, -0.25) is 0 Å². The number of methoxy groups -OCH3 is 1. The van der Waals surface area contributed by atoms with Gasteiger partial charge in [-0.25, -0.2) is 0 Å². The molecule has 0 saturated carbocycles. The maximum absolute atomic E-state index is 9.00. The first-order valence-corrected chi connectivity index (χ1v) is 4.86. The van der Waals surface area contributed by atoms with E-state index in [9.17, 15) is 0 Å². The molecule has 0 radical (unpaired) electrons. The van der Waals surface area contributed by atoms with E-state index in [1.165, 1.54) is 0 Å². The molecule has 0 fully saturated rings. The summed E-state index contributed by atoms with van der Waals surface area (Å²) in [4.78, 5) is 0. The van der Waals surface area contributed by atoms with Crippen LogP contribution in [0.3, 0.4) is 0 Å². The largest absolute Gasteiger partial charge is 0.497 e. The van der Waals surface area contributed by atoms with Crippen LogP contribution >= 0.6 is 11.6 Å². The van der Waals surface area contributed by atoms with Gasteiger partial charge in [0.25, 0.3) is 0 Å². The van der Waals surface area contributed by atoms with Crippen molar-refractivity contribution in [3.8, 4) is 11.8 Å². The molecule has 0 saturated heterocycles. The van der Waals surface area contributed by atoms with Crippen LogP contribution in [0.4, 0.5) is 0 Å². The minimum absolute atomic E-state index is 0.358. The number of nitriles is 1. The Balaban J connectivity index is 3.16. The van der Waals surface area contributed by atoms with Crippen LogP contribution in [0, 0.1) is 11.3 Å². The van der Waals surface area contributed by atoms with Crippen molar-refractivity contribution in [2.45, 2.75) is 12.8 Å². The van der Waals surface area contributed by atoms with Gasteiger partial charge in [-0.15, -0.1) is 0 Å². The summed E-state index contributed by atoms with van der Waals surface area (Å²) in [6.07, 6.45) is 0. The van der Waals surface area contributed by atoms with Crippen LogP contribution in [0.15, 0.2) is 30.4 Å². The average Bonchev–Trinajstić information content (AvgIpc) is 2.20. The average molecular weight is 222 g/mol. The number of benzene rings is 1. The summed E-state index contributed by atoms with van der Waals surface area (Å²) in [5.41, 5.74) is 1.55. The molecule has 0 aliphatic carbocycles. The molecule has 15 heavy (non-hydrogen) atoms. The zero-order valence-corrected chi connectivity index (χ0v) is 9.51. The van der Waals surface area contributed by atoms with Crippen LogP contribution in [0.25, 0.3) is 0 Å². The van der Waals surface area contributed by atoms with Crippen molar-refractivity contribution < 1.29 is 4.74 Å². The third kappa shape index (κ3) is 2.51. The molecule has 0 N–H and O–H groups in total. The van der Waals surface area contributed by atoms with Gasteiger partial charge in [-0.1, -0.05) is 29.8 Å². The SMILES string of the molecule is C=C(C)C(C#N)c1ccc(OC)cc1Cl. The molecular formula is C12H12ClNO. The number of rotatable bonds is 3. The molecule has 1 unspecified atom stereocenters. The Bertz CT molecular complexity index is 420. The van der Waals surface area contributed by atoms with Crippen LogP contribution in [-0.4, -0.2) is 7.11 Å². The van der Waals surface area contributed by atoms with Gasteiger partial charge in [-0.05, 0) is 24.6 Å².